The van der Waals surface area contributed by atoms with Gasteiger partial charge in [-0.15, -0.1) is 11.3 Å². The molecule has 1 aromatic carbocycles. The Morgan fingerprint density at radius 1 is 1.32 bits per heavy atom. The molecule has 0 unspecified atom stereocenters. The zero-order chi connectivity index (χ0) is 15.8. The van der Waals surface area contributed by atoms with E-state index in [2.05, 4.69) is 15.3 Å². The number of aromatic nitrogens is 1. The first-order valence-electron chi connectivity index (χ1n) is 6.60. The molecule has 0 spiro atoms. The molecule has 0 aliphatic heterocycles. The van der Waals surface area contributed by atoms with Crippen molar-refractivity contribution in [3.63, 3.8) is 0 Å². The van der Waals surface area contributed by atoms with Gasteiger partial charge in [0, 0.05) is 29.0 Å². The minimum Gasteiger partial charge on any atom is -0.370 e. The number of rotatable bonds is 7. The first-order chi connectivity index (χ1) is 10.6. The minimum absolute atomic E-state index is 0.0113. The van der Waals surface area contributed by atoms with Gasteiger partial charge in [-0.2, -0.15) is 16.8 Å². The number of aliphatic imine (C=N–C) groups is 1. The number of guanidine groups is 1. The molecule has 1 amide bonds. The molecule has 2 rings (SSSR count). The van der Waals surface area contributed by atoms with Gasteiger partial charge in [0.25, 0.3) is 5.91 Å². The molecule has 116 valence electrons. The summed E-state index contributed by atoms with van der Waals surface area (Å²) in [5.74, 6) is 1.54. The van der Waals surface area contributed by atoms with Crippen LogP contribution >= 0.6 is 23.1 Å². The van der Waals surface area contributed by atoms with E-state index >= 15 is 0 Å². The van der Waals surface area contributed by atoms with E-state index in [1.807, 2.05) is 23.6 Å². The Morgan fingerprint density at radius 3 is 2.82 bits per heavy atom. The second-order valence-electron chi connectivity index (χ2n) is 4.33. The van der Waals surface area contributed by atoms with Crippen molar-refractivity contribution in [2.24, 2.45) is 16.5 Å². The predicted octanol–water partition coefficient (Wildman–Crippen LogP) is 1.71. The number of nitrogens with two attached hydrogens (primary N) is 2. The van der Waals surface area contributed by atoms with E-state index in [-0.39, 0.29) is 11.9 Å². The van der Waals surface area contributed by atoms with Gasteiger partial charge < -0.3 is 16.8 Å². The topological polar surface area (TPSA) is 106 Å². The highest BCUT2D eigenvalue weighted by Gasteiger charge is 2.04. The van der Waals surface area contributed by atoms with Crippen molar-refractivity contribution < 1.29 is 4.79 Å². The van der Waals surface area contributed by atoms with Crippen LogP contribution in [0.3, 0.4) is 0 Å². The Bertz CT molecular complexity index is 638. The van der Waals surface area contributed by atoms with Crippen molar-refractivity contribution in [2.75, 3.05) is 12.3 Å². The number of benzene rings is 1. The summed E-state index contributed by atoms with van der Waals surface area (Å²) in [6.45, 7) is 0.614. The summed E-state index contributed by atoms with van der Waals surface area (Å²) in [6, 6.07) is 9.17. The van der Waals surface area contributed by atoms with Crippen LogP contribution in [0.5, 0.6) is 0 Å². The largest absolute Gasteiger partial charge is 0.370 e. The Morgan fingerprint density at radius 2 is 2.09 bits per heavy atom. The van der Waals surface area contributed by atoms with Crippen LogP contribution in [0.1, 0.15) is 16.1 Å². The maximum Gasteiger partial charge on any atom is 0.251 e. The van der Waals surface area contributed by atoms with Crippen LogP contribution in [0, 0.1) is 0 Å². The maximum absolute atomic E-state index is 11.8. The number of thiazole rings is 1. The van der Waals surface area contributed by atoms with E-state index in [0.717, 1.165) is 17.2 Å². The Hall–Kier alpha value is -2.06. The summed E-state index contributed by atoms with van der Waals surface area (Å²) in [7, 11) is 0. The van der Waals surface area contributed by atoms with E-state index in [4.69, 9.17) is 11.5 Å². The van der Waals surface area contributed by atoms with E-state index < -0.39 is 0 Å². The summed E-state index contributed by atoms with van der Waals surface area (Å²) < 4.78 is 0. The van der Waals surface area contributed by atoms with Crippen LogP contribution in [0.4, 0.5) is 5.13 Å². The lowest BCUT2D eigenvalue weighted by Gasteiger charge is -2.04. The quantitative estimate of drug-likeness (QED) is 0.406. The Kier molecular flexibility index (Phi) is 6.23. The zero-order valence-corrected chi connectivity index (χ0v) is 13.5. The number of carbonyl (C=O) groups excluding carboxylic acids is 1. The van der Waals surface area contributed by atoms with E-state index in [9.17, 15) is 4.79 Å². The molecule has 1 aromatic heterocycles. The third kappa shape index (κ3) is 5.38. The van der Waals surface area contributed by atoms with Gasteiger partial charge in [0.05, 0.1) is 5.69 Å². The molecule has 1 heterocycles. The first-order valence-corrected chi connectivity index (χ1v) is 8.63. The lowest BCUT2D eigenvalue weighted by molar-refractivity contribution is 0.0956. The number of thioether (sulfide) groups is 1. The van der Waals surface area contributed by atoms with Gasteiger partial charge in [0.15, 0.2) is 5.96 Å². The van der Waals surface area contributed by atoms with E-state index in [1.165, 1.54) is 11.3 Å². The highest BCUT2D eigenvalue weighted by molar-refractivity contribution is 7.98. The number of hydrogen-bond acceptors (Lipinski definition) is 5. The summed E-state index contributed by atoms with van der Waals surface area (Å²) in [5.41, 5.74) is 12.2. The standard InChI is InChI=1S/C14H17N5OS2/c15-13(16)19-14-18-11(9-22-14)8-21-7-6-17-12(20)10-4-2-1-3-5-10/h1-5,9H,6-8H2,(H,17,20)(H4,15,16,18,19). The number of nitrogens with zero attached hydrogens (tertiary/aromatic N) is 2. The molecule has 0 radical (unpaired) electrons. The molecule has 0 aliphatic rings. The summed E-state index contributed by atoms with van der Waals surface area (Å²) in [6.07, 6.45) is 0. The summed E-state index contributed by atoms with van der Waals surface area (Å²) in [4.78, 5) is 20.0. The average molecular weight is 335 g/mol. The smallest absolute Gasteiger partial charge is 0.251 e. The van der Waals surface area contributed by atoms with Gasteiger partial charge in [-0.05, 0) is 12.1 Å². The number of amides is 1. The molecule has 0 saturated heterocycles. The van der Waals surface area contributed by atoms with Gasteiger partial charge in [-0.25, -0.2) is 4.98 Å². The van der Waals surface area contributed by atoms with Crippen molar-refractivity contribution in [1.29, 1.82) is 0 Å². The molecule has 0 aliphatic carbocycles. The van der Waals surface area contributed by atoms with Crippen molar-refractivity contribution >= 4 is 40.1 Å². The minimum atomic E-state index is -0.0510. The van der Waals surface area contributed by atoms with Gasteiger partial charge >= 0.3 is 0 Å². The van der Waals surface area contributed by atoms with Crippen LogP contribution in [0.2, 0.25) is 0 Å². The number of hydrogen-bond donors (Lipinski definition) is 3. The Labute approximate surface area is 137 Å². The van der Waals surface area contributed by atoms with Gasteiger partial charge in [0.2, 0.25) is 5.13 Å². The molecule has 0 bridgehead atoms. The van der Waals surface area contributed by atoms with Crippen LogP contribution < -0.4 is 16.8 Å². The number of carbonyl (C=O) groups is 1. The molecule has 6 nitrogen and oxygen atoms in total. The third-order valence-electron chi connectivity index (χ3n) is 2.58. The second kappa shape index (κ2) is 8.40. The highest BCUT2D eigenvalue weighted by atomic mass is 32.2. The fourth-order valence-corrected chi connectivity index (χ4v) is 3.19. The molecule has 22 heavy (non-hydrogen) atoms. The second-order valence-corrected chi connectivity index (χ2v) is 6.27. The average Bonchev–Trinajstić information content (AvgIpc) is 2.94. The lowest BCUT2D eigenvalue weighted by atomic mass is 10.2. The van der Waals surface area contributed by atoms with Crippen LogP contribution in [-0.2, 0) is 5.75 Å². The monoisotopic (exact) mass is 335 g/mol. The molecule has 0 saturated carbocycles. The molecule has 2 aromatic rings. The van der Waals surface area contributed by atoms with Crippen molar-refractivity contribution in [3.8, 4) is 0 Å². The SMILES string of the molecule is NC(N)=Nc1nc(CSCCNC(=O)c2ccccc2)cs1. The molecule has 0 fully saturated rings. The lowest BCUT2D eigenvalue weighted by Crippen LogP contribution is -2.25. The van der Waals surface area contributed by atoms with Gasteiger partial charge in [-0.3, -0.25) is 4.79 Å². The molecule has 8 heteroatoms. The normalized spacial score (nSPS) is 10.2. The Balaban J connectivity index is 1.66. The maximum atomic E-state index is 11.8. The molecular weight excluding hydrogens is 318 g/mol. The van der Waals surface area contributed by atoms with Crippen LogP contribution in [0.15, 0.2) is 40.7 Å². The summed E-state index contributed by atoms with van der Waals surface area (Å²) in [5, 5.41) is 5.37. The van der Waals surface area contributed by atoms with Crippen LogP contribution in [-0.4, -0.2) is 29.1 Å². The van der Waals surface area contributed by atoms with Crippen molar-refractivity contribution in [1.82, 2.24) is 10.3 Å². The third-order valence-corrected chi connectivity index (χ3v) is 4.36. The zero-order valence-electron chi connectivity index (χ0n) is 11.9. The first kappa shape index (κ1) is 16.3. The van der Waals surface area contributed by atoms with E-state index in [1.54, 1.807) is 23.9 Å². The fourth-order valence-electron chi connectivity index (χ4n) is 1.63. The van der Waals surface area contributed by atoms with Crippen molar-refractivity contribution in [2.45, 2.75) is 5.75 Å². The molecular formula is C14H17N5OS2. The fraction of sp³-hybridized carbons (Fsp3) is 0.214. The van der Waals surface area contributed by atoms with Gasteiger partial charge in [0.1, 0.15) is 0 Å². The highest BCUT2D eigenvalue weighted by Crippen LogP contribution is 2.21. The molecule has 5 N–H and O–H groups in total. The van der Waals surface area contributed by atoms with Gasteiger partial charge in [-0.1, -0.05) is 18.2 Å². The number of nitrogens with one attached hydrogen (secondary N) is 1. The van der Waals surface area contributed by atoms with Crippen LogP contribution in [0.25, 0.3) is 0 Å². The van der Waals surface area contributed by atoms with Crippen molar-refractivity contribution in [3.05, 3.63) is 47.0 Å². The predicted molar refractivity (Wildman–Crippen MR) is 92.5 cm³/mol. The van der Waals surface area contributed by atoms with E-state index in [0.29, 0.717) is 17.2 Å². The summed E-state index contributed by atoms with van der Waals surface area (Å²) >= 11 is 3.10. The molecule has 0 atom stereocenters.